The van der Waals surface area contributed by atoms with E-state index in [0.29, 0.717) is 12.0 Å². The molecule has 0 radical (unpaired) electrons. The SMILES string of the molecule is Cc1ccn(Cc2cc(C(F)(F)F)co2)c(=O)n1. The summed E-state index contributed by atoms with van der Waals surface area (Å²) < 4.78 is 42.9. The van der Waals surface area contributed by atoms with Gasteiger partial charge in [0.15, 0.2) is 0 Å². The fraction of sp³-hybridized carbons (Fsp3) is 0.273. The lowest BCUT2D eigenvalue weighted by Crippen LogP contribution is -2.23. The molecular formula is C11H9F3N2O2. The standard InChI is InChI=1S/C11H9F3N2O2/c1-7-2-3-16(10(17)15-7)5-9-4-8(6-18-9)11(12,13)14/h2-4,6H,5H2,1H3. The quantitative estimate of drug-likeness (QED) is 0.829. The first kappa shape index (κ1) is 12.4. The normalized spacial score (nSPS) is 11.8. The van der Waals surface area contributed by atoms with Crippen LogP contribution in [0.3, 0.4) is 0 Å². The fourth-order valence-corrected chi connectivity index (χ4v) is 1.41. The summed E-state index contributed by atoms with van der Waals surface area (Å²) in [5, 5.41) is 0. The summed E-state index contributed by atoms with van der Waals surface area (Å²) in [5.41, 5.74) is -0.850. The van der Waals surface area contributed by atoms with Crippen molar-refractivity contribution in [3.8, 4) is 0 Å². The van der Waals surface area contributed by atoms with Crippen molar-refractivity contribution in [2.45, 2.75) is 19.6 Å². The van der Waals surface area contributed by atoms with Crippen LogP contribution in [0.5, 0.6) is 0 Å². The lowest BCUT2D eigenvalue weighted by molar-refractivity contribution is -0.137. The second-order valence-corrected chi connectivity index (χ2v) is 3.78. The summed E-state index contributed by atoms with van der Waals surface area (Å²) in [5.74, 6) is 0.0510. The molecule has 0 bridgehead atoms. The monoisotopic (exact) mass is 258 g/mol. The molecule has 0 N–H and O–H groups in total. The van der Waals surface area contributed by atoms with Crippen molar-refractivity contribution in [1.29, 1.82) is 0 Å². The first-order chi connectivity index (χ1) is 8.36. The number of furan rings is 1. The Labute approximate surface area is 99.7 Å². The maximum atomic E-state index is 12.3. The summed E-state index contributed by atoms with van der Waals surface area (Å²) in [7, 11) is 0. The average molecular weight is 258 g/mol. The van der Waals surface area contributed by atoms with Crippen LogP contribution < -0.4 is 5.69 Å². The molecular weight excluding hydrogens is 249 g/mol. The Morgan fingerprint density at radius 2 is 2.17 bits per heavy atom. The lowest BCUT2D eigenvalue weighted by atomic mass is 10.3. The van der Waals surface area contributed by atoms with E-state index in [-0.39, 0.29) is 12.3 Å². The van der Waals surface area contributed by atoms with Gasteiger partial charge in [-0.1, -0.05) is 0 Å². The first-order valence-electron chi connectivity index (χ1n) is 5.05. The molecule has 4 nitrogen and oxygen atoms in total. The predicted octanol–water partition coefficient (Wildman–Crippen LogP) is 2.21. The van der Waals surface area contributed by atoms with Gasteiger partial charge in [-0.2, -0.15) is 18.2 Å². The highest BCUT2D eigenvalue weighted by atomic mass is 19.4. The highest BCUT2D eigenvalue weighted by Gasteiger charge is 2.32. The molecule has 0 unspecified atom stereocenters. The van der Waals surface area contributed by atoms with Crippen LogP contribution in [0, 0.1) is 6.92 Å². The highest BCUT2D eigenvalue weighted by Crippen LogP contribution is 2.30. The Bertz CT molecular complexity index is 613. The van der Waals surface area contributed by atoms with Crippen LogP contribution >= 0.6 is 0 Å². The summed E-state index contributed by atoms with van der Waals surface area (Å²) in [6.07, 6.45) is -2.36. The highest BCUT2D eigenvalue weighted by molar-refractivity contribution is 5.16. The summed E-state index contributed by atoms with van der Waals surface area (Å²) >= 11 is 0. The smallest absolute Gasteiger partial charge is 0.419 e. The number of nitrogens with zero attached hydrogens (tertiary/aromatic N) is 2. The Kier molecular flexibility index (Phi) is 2.98. The number of halogens is 3. The van der Waals surface area contributed by atoms with E-state index in [9.17, 15) is 18.0 Å². The maximum absolute atomic E-state index is 12.3. The van der Waals surface area contributed by atoms with E-state index in [1.165, 1.54) is 10.8 Å². The van der Waals surface area contributed by atoms with Gasteiger partial charge in [-0.05, 0) is 19.1 Å². The molecule has 0 aliphatic heterocycles. The number of aromatic nitrogens is 2. The van der Waals surface area contributed by atoms with E-state index in [0.717, 1.165) is 6.07 Å². The number of hydrogen-bond acceptors (Lipinski definition) is 3. The van der Waals surface area contributed by atoms with Crippen LogP contribution in [0.2, 0.25) is 0 Å². The van der Waals surface area contributed by atoms with Gasteiger partial charge in [0.2, 0.25) is 0 Å². The van der Waals surface area contributed by atoms with E-state index < -0.39 is 17.4 Å². The number of aryl methyl sites for hydroxylation is 1. The Balaban J connectivity index is 2.24. The molecule has 0 amide bonds. The molecule has 0 saturated heterocycles. The van der Waals surface area contributed by atoms with Crippen LogP contribution in [0.4, 0.5) is 13.2 Å². The van der Waals surface area contributed by atoms with Gasteiger partial charge in [0.05, 0.1) is 12.1 Å². The topological polar surface area (TPSA) is 48.0 Å². The van der Waals surface area contributed by atoms with Crippen LogP contribution in [0.25, 0.3) is 0 Å². The van der Waals surface area contributed by atoms with Gasteiger partial charge in [0, 0.05) is 11.9 Å². The van der Waals surface area contributed by atoms with E-state index in [4.69, 9.17) is 4.42 Å². The molecule has 0 atom stereocenters. The molecule has 0 spiro atoms. The summed E-state index contributed by atoms with van der Waals surface area (Å²) in [4.78, 5) is 15.1. The molecule has 2 heterocycles. The molecule has 0 aromatic carbocycles. The summed E-state index contributed by atoms with van der Waals surface area (Å²) in [6.45, 7) is 1.57. The third kappa shape index (κ3) is 2.61. The van der Waals surface area contributed by atoms with Gasteiger partial charge in [-0.25, -0.2) is 4.79 Å². The maximum Gasteiger partial charge on any atom is 0.419 e. The second kappa shape index (κ2) is 4.32. The van der Waals surface area contributed by atoms with Crippen molar-refractivity contribution in [2.24, 2.45) is 0 Å². The average Bonchev–Trinajstić information content (AvgIpc) is 2.70. The minimum Gasteiger partial charge on any atom is -0.467 e. The molecule has 0 fully saturated rings. The van der Waals surface area contributed by atoms with Crippen molar-refractivity contribution in [2.75, 3.05) is 0 Å². The summed E-state index contributed by atoms with van der Waals surface area (Å²) in [6, 6.07) is 2.46. The molecule has 96 valence electrons. The number of hydrogen-bond donors (Lipinski definition) is 0. The second-order valence-electron chi connectivity index (χ2n) is 3.78. The zero-order valence-corrected chi connectivity index (χ0v) is 9.36. The Morgan fingerprint density at radius 3 is 2.72 bits per heavy atom. The van der Waals surface area contributed by atoms with Gasteiger partial charge in [-0.15, -0.1) is 0 Å². The zero-order chi connectivity index (χ0) is 13.3. The Morgan fingerprint density at radius 1 is 1.44 bits per heavy atom. The molecule has 18 heavy (non-hydrogen) atoms. The van der Waals surface area contributed by atoms with E-state index in [1.807, 2.05) is 0 Å². The molecule has 0 saturated carbocycles. The van der Waals surface area contributed by atoms with Gasteiger partial charge in [0.25, 0.3) is 0 Å². The van der Waals surface area contributed by atoms with Gasteiger partial charge in [-0.3, -0.25) is 4.57 Å². The molecule has 7 heteroatoms. The van der Waals surface area contributed by atoms with Crippen LogP contribution in [0.15, 0.2) is 33.8 Å². The number of alkyl halides is 3. The largest absolute Gasteiger partial charge is 0.467 e. The molecule has 0 aliphatic rings. The zero-order valence-electron chi connectivity index (χ0n) is 9.36. The van der Waals surface area contributed by atoms with Gasteiger partial charge < -0.3 is 4.42 Å². The Hall–Kier alpha value is -2.05. The van der Waals surface area contributed by atoms with Crippen molar-refractivity contribution in [1.82, 2.24) is 9.55 Å². The fourth-order valence-electron chi connectivity index (χ4n) is 1.41. The first-order valence-corrected chi connectivity index (χ1v) is 5.05. The number of rotatable bonds is 2. The van der Waals surface area contributed by atoms with Crippen LogP contribution in [-0.2, 0) is 12.7 Å². The van der Waals surface area contributed by atoms with Crippen LogP contribution in [0.1, 0.15) is 17.0 Å². The lowest BCUT2D eigenvalue weighted by Gasteiger charge is -2.02. The van der Waals surface area contributed by atoms with E-state index >= 15 is 0 Å². The third-order valence-corrected chi connectivity index (χ3v) is 2.32. The van der Waals surface area contributed by atoms with E-state index in [2.05, 4.69) is 4.98 Å². The van der Waals surface area contributed by atoms with Crippen molar-refractivity contribution < 1.29 is 17.6 Å². The van der Waals surface area contributed by atoms with Crippen molar-refractivity contribution in [3.63, 3.8) is 0 Å². The van der Waals surface area contributed by atoms with Gasteiger partial charge >= 0.3 is 11.9 Å². The molecule has 2 aromatic heterocycles. The molecule has 2 rings (SSSR count). The van der Waals surface area contributed by atoms with Crippen molar-refractivity contribution in [3.05, 3.63) is 52.1 Å². The van der Waals surface area contributed by atoms with E-state index in [1.54, 1.807) is 13.0 Å². The predicted molar refractivity (Wildman–Crippen MR) is 56.0 cm³/mol. The van der Waals surface area contributed by atoms with Crippen molar-refractivity contribution >= 4 is 0 Å². The minimum atomic E-state index is -4.45. The molecule has 2 aromatic rings. The minimum absolute atomic E-state index is 0.0510. The van der Waals surface area contributed by atoms with Gasteiger partial charge in [0.1, 0.15) is 12.0 Å². The third-order valence-electron chi connectivity index (χ3n) is 2.32. The molecule has 0 aliphatic carbocycles. The van der Waals surface area contributed by atoms with Crippen LogP contribution in [-0.4, -0.2) is 9.55 Å².